The first kappa shape index (κ1) is 14.2. The summed E-state index contributed by atoms with van der Waals surface area (Å²) in [5.74, 6) is 0.816. The van der Waals surface area contributed by atoms with E-state index in [9.17, 15) is 9.59 Å². The van der Waals surface area contributed by atoms with Crippen LogP contribution in [0.1, 0.15) is 16.1 Å². The van der Waals surface area contributed by atoms with Gasteiger partial charge in [-0.25, -0.2) is 4.79 Å². The minimum absolute atomic E-state index is 0.182. The third-order valence-electron chi connectivity index (χ3n) is 3.89. The van der Waals surface area contributed by atoms with E-state index in [4.69, 9.17) is 9.47 Å². The summed E-state index contributed by atoms with van der Waals surface area (Å²) >= 11 is 0. The van der Waals surface area contributed by atoms with Gasteiger partial charge in [0.15, 0.2) is 0 Å². The van der Waals surface area contributed by atoms with Crippen molar-refractivity contribution in [1.82, 2.24) is 9.47 Å². The molecule has 0 N–H and O–H groups in total. The number of hydrogen-bond acceptors (Lipinski definition) is 4. The topological polar surface area (TPSA) is 60.8 Å². The molecule has 22 heavy (non-hydrogen) atoms. The Morgan fingerprint density at radius 2 is 1.95 bits per heavy atom. The summed E-state index contributed by atoms with van der Waals surface area (Å²) in [4.78, 5) is 26.2. The maximum absolute atomic E-state index is 12.6. The molecule has 1 aromatic carbocycles. The summed E-state index contributed by atoms with van der Waals surface area (Å²) < 4.78 is 12.1. The van der Waals surface area contributed by atoms with Crippen LogP contribution in [0, 0.1) is 6.92 Å². The van der Waals surface area contributed by atoms with E-state index in [1.165, 1.54) is 22.7 Å². The van der Waals surface area contributed by atoms with Crippen LogP contribution in [0.3, 0.4) is 0 Å². The van der Waals surface area contributed by atoms with Crippen molar-refractivity contribution in [1.29, 1.82) is 0 Å². The largest absolute Gasteiger partial charge is 0.497 e. The smallest absolute Gasteiger partial charge is 0.336 e. The van der Waals surface area contributed by atoms with Crippen LogP contribution in [-0.4, -0.2) is 42.2 Å². The zero-order valence-corrected chi connectivity index (χ0v) is 12.7. The number of carbonyl (C=O) groups excluding carboxylic acids is 2. The predicted octanol–water partition coefficient (Wildman–Crippen LogP) is 2.58. The number of ether oxygens (including phenoxy) is 2. The lowest BCUT2D eigenvalue weighted by Crippen LogP contribution is -2.31. The lowest BCUT2D eigenvalue weighted by atomic mass is 10.1. The molecule has 0 saturated heterocycles. The Kier molecular flexibility index (Phi) is 3.16. The second kappa shape index (κ2) is 4.91. The number of rotatable bonds is 4. The van der Waals surface area contributed by atoms with Crippen molar-refractivity contribution in [3.05, 3.63) is 36.0 Å². The summed E-state index contributed by atoms with van der Waals surface area (Å²) in [6.45, 7) is 5.58. The Labute approximate surface area is 127 Å². The monoisotopic (exact) mass is 300 g/mol. The molecule has 1 aliphatic rings. The normalized spacial score (nSPS) is 13.7. The number of carbonyl (C=O) groups is 2. The Morgan fingerprint density at radius 1 is 1.23 bits per heavy atom. The zero-order valence-electron chi connectivity index (χ0n) is 12.7. The van der Waals surface area contributed by atoms with Crippen LogP contribution in [0.15, 0.2) is 24.8 Å². The molecule has 0 saturated carbocycles. The highest BCUT2D eigenvalue weighted by Gasteiger charge is 2.39. The molecule has 0 fully saturated rings. The van der Waals surface area contributed by atoms with Crippen molar-refractivity contribution < 1.29 is 19.1 Å². The lowest BCUT2D eigenvalue weighted by Gasteiger charge is -2.12. The van der Waals surface area contributed by atoms with Crippen LogP contribution < -0.4 is 9.47 Å². The molecule has 0 unspecified atom stereocenters. The van der Waals surface area contributed by atoms with Gasteiger partial charge in [-0.05, 0) is 12.5 Å². The fourth-order valence-electron chi connectivity index (χ4n) is 2.90. The lowest BCUT2D eigenvalue weighted by molar-refractivity contribution is 0.0845. The molecule has 2 heterocycles. The highest BCUT2D eigenvalue weighted by atomic mass is 16.5. The van der Waals surface area contributed by atoms with Crippen molar-refractivity contribution in [2.45, 2.75) is 6.92 Å². The van der Waals surface area contributed by atoms with Gasteiger partial charge in [0.05, 0.1) is 19.7 Å². The highest BCUT2D eigenvalue weighted by molar-refractivity contribution is 6.18. The molecule has 1 aromatic heterocycles. The van der Waals surface area contributed by atoms with Crippen molar-refractivity contribution in [2.75, 3.05) is 20.8 Å². The van der Waals surface area contributed by atoms with Crippen LogP contribution in [0.2, 0.25) is 0 Å². The molecule has 114 valence electrons. The first-order valence-corrected chi connectivity index (χ1v) is 6.79. The van der Waals surface area contributed by atoms with Gasteiger partial charge in [0.1, 0.15) is 17.2 Å². The number of nitrogens with zero attached hydrogens (tertiary/aromatic N) is 2. The zero-order chi connectivity index (χ0) is 16.0. The molecule has 1 aliphatic heterocycles. The molecule has 0 radical (unpaired) electrons. The molecule has 0 spiro atoms. The quantitative estimate of drug-likeness (QED) is 0.814. The van der Waals surface area contributed by atoms with Gasteiger partial charge in [0.25, 0.3) is 5.91 Å². The SMILES string of the molecule is C=CCN1C(=O)c2c(C)c3c(OC)cc(OC)cc3n2C1=O. The van der Waals surface area contributed by atoms with E-state index in [1.807, 2.05) is 6.92 Å². The van der Waals surface area contributed by atoms with E-state index in [0.717, 1.165) is 10.9 Å². The summed E-state index contributed by atoms with van der Waals surface area (Å²) in [5.41, 5.74) is 1.70. The maximum atomic E-state index is 12.6. The minimum Gasteiger partial charge on any atom is -0.497 e. The number of aromatic nitrogens is 1. The van der Waals surface area contributed by atoms with Gasteiger partial charge >= 0.3 is 6.03 Å². The van der Waals surface area contributed by atoms with E-state index in [0.29, 0.717) is 22.7 Å². The average Bonchev–Trinajstić information content (AvgIpc) is 2.95. The van der Waals surface area contributed by atoms with Gasteiger partial charge in [-0.2, -0.15) is 0 Å². The van der Waals surface area contributed by atoms with Gasteiger partial charge in [0.2, 0.25) is 0 Å². The van der Waals surface area contributed by atoms with E-state index in [1.54, 1.807) is 19.2 Å². The number of methoxy groups -OCH3 is 2. The van der Waals surface area contributed by atoms with Crippen LogP contribution in [0.4, 0.5) is 4.79 Å². The second-order valence-corrected chi connectivity index (χ2v) is 5.02. The molecule has 6 nitrogen and oxygen atoms in total. The van der Waals surface area contributed by atoms with Gasteiger partial charge in [-0.1, -0.05) is 6.08 Å². The number of imide groups is 1. The molecule has 2 amide bonds. The molecule has 3 rings (SSSR count). The third-order valence-corrected chi connectivity index (χ3v) is 3.89. The van der Waals surface area contributed by atoms with Crippen molar-refractivity contribution in [3.63, 3.8) is 0 Å². The van der Waals surface area contributed by atoms with Gasteiger partial charge < -0.3 is 9.47 Å². The Bertz CT molecular complexity index is 819. The number of benzene rings is 1. The van der Waals surface area contributed by atoms with Crippen LogP contribution >= 0.6 is 0 Å². The van der Waals surface area contributed by atoms with Crippen LogP contribution in [-0.2, 0) is 0 Å². The maximum Gasteiger partial charge on any atom is 0.336 e. The van der Waals surface area contributed by atoms with Gasteiger partial charge in [-0.3, -0.25) is 14.3 Å². The summed E-state index contributed by atoms with van der Waals surface area (Å²) in [5, 5.41) is 0.748. The Morgan fingerprint density at radius 3 is 2.55 bits per heavy atom. The fourth-order valence-corrected chi connectivity index (χ4v) is 2.90. The number of amides is 2. The molecular weight excluding hydrogens is 284 g/mol. The number of fused-ring (bicyclic) bond motifs is 3. The van der Waals surface area contributed by atoms with Gasteiger partial charge in [0, 0.05) is 24.1 Å². The van der Waals surface area contributed by atoms with Crippen molar-refractivity contribution >= 4 is 22.8 Å². The predicted molar refractivity (Wildman–Crippen MR) is 81.8 cm³/mol. The average molecular weight is 300 g/mol. The molecule has 0 atom stereocenters. The van der Waals surface area contributed by atoms with E-state index in [-0.39, 0.29) is 18.5 Å². The standard InChI is InChI=1S/C16H16N2O4/c1-5-6-17-15(19)14-9(2)13-11(18(14)16(17)20)7-10(21-3)8-12(13)22-4/h5,7-8H,1,6H2,2-4H3. The second-order valence-electron chi connectivity index (χ2n) is 5.02. The Hall–Kier alpha value is -2.76. The molecule has 0 aliphatic carbocycles. The van der Waals surface area contributed by atoms with Crippen LogP contribution in [0.5, 0.6) is 11.5 Å². The number of hydrogen-bond donors (Lipinski definition) is 0. The molecular formula is C16H16N2O4. The fraction of sp³-hybridized carbons (Fsp3) is 0.250. The van der Waals surface area contributed by atoms with E-state index >= 15 is 0 Å². The third kappa shape index (κ3) is 1.67. The van der Waals surface area contributed by atoms with E-state index in [2.05, 4.69) is 6.58 Å². The van der Waals surface area contributed by atoms with Crippen molar-refractivity contribution in [3.8, 4) is 11.5 Å². The van der Waals surface area contributed by atoms with Gasteiger partial charge in [-0.15, -0.1) is 6.58 Å². The summed E-state index contributed by atoms with van der Waals surface area (Å²) in [6.07, 6.45) is 1.53. The summed E-state index contributed by atoms with van der Waals surface area (Å²) in [6, 6.07) is 3.09. The van der Waals surface area contributed by atoms with E-state index < -0.39 is 0 Å². The van der Waals surface area contributed by atoms with Crippen LogP contribution in [0.25, 0.3) is 10.9 Å². The molecule has 6 heteroatoms. The number of aryl methyl sites for hydroxylation is 1. The molecule has 2 aromatic rings. The minimum atomic E-state index is -0.381. The highest BCUT2D eigenvalue weighted by Crippen LogP contribution is 2.39. The van der Waals surface area contributed by atoms with Crippen molar-refractivity contribution in [2.24, 2.45) is 0 Å². The molecule has 0 bridgehead atoms. The summed E-state index contributed by atoms with van der Waals surface area (Å²) in [7, 11) is 3.09. The first-order chi connectivity index (χ1) is 10.5. The first-order valence-electron chi connectivity index (χ1n) is 6.79. The Balaban J connectivity index is 2.36.